The molecule has 0 radical (unpaired) electrons. The fourth-order valence-electron chi connectivity index (χ4n) is 2.03. The van der Waals surface area contributed by atoms with Crippen LogP contribution in [0.1, 0.15) is 39.7 Å². The lowest BCUT2D eigenvalue weighted by Crippen LogP contribution is -2.38. The van der Waals surface area contributed by atoms with E-state index in [4.69, 9.17) is 16.3 Å². The van der Waals surface area contributed by atoms with Crippen molar-refractivity contribution in [3.63, 3.8) is 0 Å². The molecule has 0 aliphatic rings. The minimum absolute atomic E-state index is 0.116. The molecule has 0 saturated heterocycles. The second-order valence-electron chi connectivity index (χ2n) is 6.34. The molecular formula is C17H27ClN2O3. The number of para-hydroxylation sites is 1. The summed E-state index contributed by atoms with van der Waals surface area (Å²) < 4.78 is 5.36. The molecule has 2 N–H and O–H groups in total. The van der Waals surface area contributed by atoms with Crippen LogP contribution in [0.3, 0.4) is 0 Å². The van der Waals surface area contributed by atoms with Gasteiger partial charge in [-0.1, -0.05) is 23.7 Å². The van der Waals surface area contributed by atoms with E-state index in [0.29, 0.717) is 24.7 Å². The van der Waals surface area contributed by atoms with Crippen molar-refractivity contribution in [2.45, 2.75) is 46.3 Å². The maximum absolute atomic E-state index is 12.0. The molecule has 130 valence electrons. The van der Waals surface area contributed by atoms with Crippen LogP contribution >= 0.6 is 11.6 Å². The Bertz CT molecular complexity index is 515. The highest BCUT2D eigenvalue weighted by molar-refractivity contribution is 6.32. The third-order valence-electron chi connectivity index (χ3n) is 3.20. The summed E-state index contributed by atoms with van der Waals surface area (Å²) in [5, 5.41) is 13.4. The van der Waals surface area contributed by atoms with Crippen LogP contribution in [-0.2, 0) is 11.3 Å². The topological polar surface area (TPSA) is 61.8 Å². The lowest BCUT2D eigenvalue weighted by molar-refractivity contribution is 0.0258. The second kappa shape index (κ2) is 8.99. The van der Waals surface area contributed by atoms with Gasteiger partial charge in [0.2, 0.25) is 0 Å². The molecule has 1 aromatic rings. The Kier molecular flexibility index (Phi) is 7.65. The molecule has 5 nitrogen and oxygen atoms in total. The molecule has 0 heterocycles. The number of benzene rings is 1. The van der Waals surface area contributed by atoms with Gasteiger partial charge in [-0.15, -0.1) is 0 Å². The van der Waals surface area contributed by atoms with Gasteiger partial charge in [-0.2, -0.15) is 0 Å². The Balaban J connectivity index is 2.32. The first-order valence-electron chi connectivity index (χ1n) is 7.89. The molecule has 0 spiro atoms. The molecule has 0 fully saturated rings. The van der Waals surface area contributed by atoms with Crippen LogP contribution in [0.2, 0.25) is 5.02 Å². The molecule has 1 rings (SSSR count). The van der Waals surface area contributed by atoms with E-state index in [9.17, 15) is 9.90 Å². The van der Waals surface area contributed by atoms with Crippen LogP contribution < -0.4 is 5.32 Å². The molecule has 23 heavy (non-hydrogen) atoms. The summed E-state index contributed by atoms with van der Waals surface area (Å²) in [6.07, 6.45) is 0.515. The van der Waals surface area contributed by atoms with Crippen LogP contribution in [0.25, 0.3) is 0 Å². The fourth-order valence-corrected chi connectivity index (χ4v) is 2.22. The Labute approximate surface area is 143 Å². The van der Waals surface area contributed by atoms with Crippen molar-refractivity contribution < 1.29 is 14.6 Å². The van der Waals surface area contributed by atoms with E-state index in [2.05, 4.69) is 5.32 Å². The number of nitrogens with zero attached hydrogens (tertiary/aromatic N) is 1. The standard InChI is InChI=1S/C17H27ClN2O3/c1-5-20(16(22)23-17(2,3)4)11-7-10-19-12-13-8-6-9-14(18)15(13)21/h6,8-9,19,21H,5,7,10-12H2,1-4H3. The van der Waals surface area contributed by atoms with E-state index < -0.39 is 5.60 Å². The van der Waals surface area contributed by atoms with Gasteiger partial charge in [0.25, 0.3) is 0 Å². The monoisotopic (exact) mass is 342 g/mol. The highest BCUT2D eigenvalue weighted by Gasteiger charge is 2.20. The van der Waals surface area contributed by atoms with Crippen molar-refractivity contribution in [3.8, 4) is 5.75 Å². The average Bonchev–Trinajstić information content (AvgIpc) is 2.45. The number of rotatable bonds is 7. The number of aromatic hydroxyl groups is 1. The molecule has 1 amide bonds. The quantitative estimate of drug-likeness (QED) is 0.740. The van der Waals surface area contributed by atoms with Gasteiger partial charge in [-0.3, -0.25) is 0 Å². The van der Waals surface area contributed by atoms with Gasteiger partial charge in [-0.05, 0) is 46.7 Å². The number of hydrogen-bond acceptors (Lipinski definition) is 4. The Morgan fingerprint density at radius 3 is 2.70 bits per heavy atom. The SMILES string of the molecule is CCN(CCCNCc1cccc(Cl)c1O)C(=O)OC(C)(C)C. The number of amides is 1. The van der Waals surface area contributed by atoms with E-state index >= 15 is 0 Å². The number of carbonyl (C=O) groups is 1. The number of phenolic OH excluding ortho intramolecular Hbond substituents is 1. The van der Waals surface area contributed by atoms with E-state index in [1.807, 2.05) is 33.8 Å². The first-order valence-corrected chi connectivity index (χ1v) is 8.27. The van der Waals surface area contributed by atoms with Crippen molar-refractivity contribution in [1.29, 1.82) is 0 Å². The van der Waals surface area contributed by atoms with Crippen LogP contribution in [0.4, 0.5) is 4.79 Å². The highest BCUT2D eigenvalue weighted by Crippen LogP contribution is 2.26. The lowest BCUT2D eigenvalue weighted by atomic mass is 10.2. The number of halogens is 1. The van der Waals surface area contributed by atoms with Gasteiger partial charge in [0, 0.05) is 25.2 Å². The number of phenols is 1. The molecular weight excluding hydrogens is 316 g/mol. The van der Waals surface area contributed by atoms with Crippen molar-refractivity contribution >= 4 is 17.7 Å². The zero-order chi connectivity index (χ0) is 17.5. The summed E-state index contributed by atoms with van der Waals surface area (Å²) in [5.74, 6) is 0.116. The summed E-state index contributed by atoms with van der Waals surface area (Å²) in [4.78, 5) is 13.7. The average molecular weight is 343 g/mol. The van der Waals surface area contributed by atoms with Gasteiger partial charge >= 0.3 is 6.09 Å². The zero-order valence-corrected chi connectivity index (χ0v) is 15.1. The molecule has 0 aliphatic carbocycles. The van der Waals surface area contributed by atoms with E-state index in [-0.39, 0.29) is 11.8 Å². The van der Waals surface area contributed by atoms with Crippen molar-refractivity contribution in [2.24, 2.45) is 0 Å². The Morgan fingerprint density at radius 2 is 2.09 bits per heavy atom. The third-order valence-corrected chi connectivity index (χ3v) is 3.51. The van der Waals surface area contributed by atoms with Crippen LogP contribution in [0, 0.1) is 0 Å². The van der Waals surface area contributed by atoms with E-state index in [1.54, 1.807) is 17.0 Å². The number of hydrogen-bond donors (Lipinski definition) is 2. The third kappa shape index (κ3) is 7.10. The second-order valence-corrected chi connectivity index (χ2v) is 6.75. The number of carbonyl (C=O) groups excluding carboxylic acids is 1. The maximum Gasteiger partial charge on any atom is 0.410 e. The first kappa shape index (κ1) is 19.6. The van der Waals surface area contributed by atoms with E-state index in [1.165, 1.54) is 0 Å². The summed E-state index contributed by atoms with van der Waals surface area (Å²) in [6.45, 7) is 10.0. The normalized spacial score (nSPS) is 11.3. The molecule has 0 unspecified atom stereocenters. The highest BCUT2D eigenvalue weighted by atomic mass is 35.5. The number of ether oxygens (including phenoxy) is 1. The fraction of sp³-hybridized carbons (Fsp3) is 0.588. The first-order chi connectivity index (χ1) is 10.7. The van der Waals surface area contributed by atoms with Crippen molar-refractivity contribution in [1.82, 2.24) is 10.2 Å². The van der Waals surface area contributed by atoms with Gasteiger partial charge in [0.15, 0.2) is 0 Å². The predicted molar refractivity (Wildman–Crippen MR) is 92.9 cm³/mol. The minimum atomic E-state index is -0.479. The van der Waals surface area contributed by atoms with Crippen LogP contribution in [-0.4, -0.2) is 41.3 Å². The lowest BCUT2D eigenvalue weighted by Gasteiger charge is -2.26. The zero-order valence-electron chi connectivity index (χ0n) is 14.4. The van der Waals surface area contributed by atoms with Crippen molar-refractivity contribution in [3.05, 3.63) is 28.8 Å². The molecule has 0 bridgehead atoms. The van der Waals surface area contributed by atoms with Gasteiger partial charge in [0.05, 0.1) is 5.02 Å². The summed E-state index contributed by atoms with van der Waals surface area (Å²) in [5.41, 5.74) is 0.282. The molecule has 0 aromatic heterocycles. The largest absolute Gasteiger partial charge is 0.506 e. The van der Waals surface area contributed by atoms with E-state index in [0.717, 1.165) is 18.5 Å². The Morgan fingerprint density at radius 1 is 1.39 bits per heavy atom. The minimum Gasteiger partial charge on any atom is -0.506 e. The Hall–Kier alpha value is -1.46. The van der Waals surface area contributed by atoms with Gasteiger partial charge in [0.1, 0.15) is 11.4 Å². The van der Waals surface area contributed by atoms with Crippen LogP contribution in [0.5, 0.6) is 5.75 Å². The molecule has 6 heteroatoms. The van der Waals surface area contributed by atoms with Crippen molar-refractivity contribution in [2.75, 3.05) is 19.6 Å². The molecule has 1 aromatic carbocycles. The summed E-state index contributed by atoms with van der Waals surface area (Å²) >= 11 is 5.87. The van der Waals surface area contributed by atoms with Crippen LogP contribution in [0.15, 0.2) is 18.2 Å². The number of nitrogens with one attached hydrogen (secondary N) is 1. The maximum atomic E-state index is 12.0. The smallest absolute Gasteiger partial charge is 0.410 e. The summed E-state index contributed by atoms with van der Waals surface area (Å²) in [7, 11) is 0. The predicted octanol–water partition coefficient (Wildman–Crippen LogP) is 3.78. The van der Waals surface area contributed by atoms with Gasteiger partial charge in [-0.25, -0.2) is 4.79 Å². The van der Waals surface area contributed by atoms with Gasteiger partial charge < -0.3 is 20.1 Å². The molecule has 0 saturated carbocycles. The summed E-state index contributed by atoms with van der Waals surface area (Å²) in [6, 6.07) is 5.29. The molecule has 0 atom stereocenters. The molecule has 0 aliphatic heterocycles.